The summed E-state index contributed by atoms with van der Waals surface area (Å²) in [5.74, 6) is 0.453. The van der Waals surface area contributed by atoms with Gasteiger partial charge in [-0.15, -0.1) is 0 Å². The monoisotopic (exact) mass is 187 g/mol. The number of rotatable bonds is 4. The molecule has 7 nitrogen and oxygen atoms in total. The van der Waals surface area contributed by atoms with Crippen molar-refractivity contribution in [2.24, 2.45) is 7.05 Å². The minimum absolute atomic E-state index is 0.192. The molecule has 0 aliphatic rings. The molecule has 0 saturated carbocycles. The van der Waals surface area contributed by atoms with Gasteiger partial charge >= 0.3 is 0 Å². The predicted molar refractivity (Wildman–Crippen MR) is 45.0 cm³/mol. The lowest BCUT2D eigenvalue weighted by Gasteiger charge is -2.20. The van der Waals surface area contributed by atoms with E-state index in [0.717, 1.165) is 0 Å². The average molecular weight is 187 g/mol. The Hall–Kier alpha value is -1.21. The number of aromatic nitrogens is 4. The van der Waals surface area contributed by atoms with E-state index < -0.39 is 5.60 Å². The van der Waals surface area contributed by atoms with Gasteiger partial charge in [0.2, 0.25) is 5.95 Å². The Morgan fingerprint density at radius 3 is 2.77 bits per heavy atom. The highest BCUT2D eigenvalue weighted by molar-refractivity contribution is 5.21. The third-order valence-corrected chi connectivity index (χ3v) is 1.59. The summed E-state index contributed by atoms with van der Waals surface area (Å²) in [5.41, 5.74) is -1.16. The van der Waals surface area contributed by atoms with Crippen LogP contribution in [0.4, 0.5) is 5.95 Å². The Kier molecular flexibility index (Phi) is 2.79. The first-order valence-electron chi connectivity index (χ1n) is 3.84. The van der Waals surface area contributed by atoms with Gasteiger partial charge in [0.15, 0.2) is 0 Å². The highest BCUT2D eigenvalue weighted by atomic mass is 16.3. The molecule has 3 N–H and O–H groups in total. The van der Waals surface area contributed by atoms with Crippen molar-refractivity contribution in [1.29, 1.82) is 0 Å². The molecule has 0 bridgehead atoms. The lowest BCUT2D eigenvalue weighted by atomic mass is 10.1. The second-order valence-corrected chi connectivity index (χ2v) is 3.13. The molecule has 0 aromatic carbocycles. The van der Waals surface area contributed by atoms with E-state index in [2.05, 4.69) is 20.8 Å². The standard InChI is InChI=1S/C6H13N5O2/c1-6(13,4-12)3-7-5-8-9-10-11(5)2/h12-13H,3-4H2,1-2H3,(H,7,8,10). The van der Waals surface area contributed by atoms with Crippen LogP contribution in [0.15, 0.2) is 0 Å². The first kappa shape index (κ1) is 9.87. The number of anilines is 1. The number of nitrogens with one attached hydrogen (secondary N) is 1. The maximum atomic E-state index is 9.42. The SMILES string of the molecule is Cn1nnnc1NCC(C)(O)CO. The maximum absolute atomic E-state index is 9.42. The molecule has 1 atom stereocenters. The fourth-order valence-electron chi connectivity index (χ4n) is 0.705. The topological polar surface area (TPSA) is 96.1 Å². The molecule has 0 radical (unpaired) electrons. The molecule has 0 aliphatic heterocycles. The molecule has 13 heavy (non-hydrogen) atoms. The molecule has 1 aromatic rings. The second kappa shape index (κ2) is 3.67. The zero-order valence-electron chi connectivity index (χ0n) is 7.60. The molecule has 1 heterocycles. The Bertz CT molecular complexity index is 272. The smallest absolute Gasteiger partial charge is 0.242 e. The van der Waals surface area contributed by atoms with Crippen LogP contribution in [-0.2, 0) is 7.05 Å². The van der Waals surface area contributed by atoms with Crippen molar-refractivity contribution >= 4 is 5.95 Å². The van der Waals surface area contributed by atoms with Gasteiger partial charge in [0.05, 0.1) is 6.61 Å². The molecule has 0 fully saturated rings. The first-order chi connectivity index (χ1) is 6.05. The summed E-state index contributed by atoms with van der Waals surface area (Å²) in [6.45, 7) is 1.40. The van der Waals surface area contributed by atoms with Crippen molar-refractivity contribution in [3.63, 3.8) is 0 Å². The third-order valence-electron chi connectivity index (χ3n) is 1.59. The van der Waals surface area contributed by atoms with Crippen LogP contribution in [0.5, 0.6) is 0 Å². The third kappa shape index (κ3) is 2.63. The van der Waals surface area contributed by atoms with E-state index in [1.165, 1.54) is 11.6 Å². The van der Waals surface area contributed by atoms with Crippen molar-refractivity contribution in [2.75, 3.05) is 18.5 Å². The summed E-state index contributed by atoms with van der Waals surface area (Å²) < 4.78 is 1.44. The molecule has 0 saturated heterocycles. The predicted octanol–water partition coefficient (Wildman–Crippen LogP) is -1.63. The van der Waals surface area contributed by atoms with Gasteiger partial charge in [0.1, 0.15) is 5.60 Å². The summed E-state index contributed by atoms with van der Waals surface area (Å²) in [5, 5.41) is 31.6. The van der Waals surface area contributed by atoms with Crippen molar-refractivity contribution in [1.82, 2.24) is 20.2 Å². The van der Waals surface area contributed by atoms with Crippen LogP contribution in [0.3, 0.4) is 0 Å². The van der Waals surface area contributed by atoms with Gasteiger partial charge in [-0.1, -0.05) is 5.10 Å². The van der Waals surface area contributed by atoms with Crippen molar-refractivity contribution in [2.45, 2.75) is 12.5 Å². The van der Waals surface area contributed by atoms with E-state index in [-0.39, 0.29) is 13.2 Å². The number of tetrazole rings is 1. The second-order valence-electron chi connectivity index (χ2n) is 3.13. The van der Waals surface area contributed by atoms with Gasteiger partial charge in [-0.3, -0.25) is 0 Å². The zero-order valence-corrected chi connectivity index (χ0v) is 7.60. The number of aliphatic hydroxyl groups excluding tert-OH is 1. The highest BCUT2D eigenvalue weighted by Gasteiger charge is 2.19. The molecular formula is C6H13N5O2. The van der Waals surface area contributed by atoms with Crippen molar-refractivity contribution < 1.29 is 10.2 Å². The van der Waals surface area contributed by atoms with E-state index in [1.807, 2.05) is 0 Å². The van der Waals surface area contributed by atoms with Crippen LogP contribution in [0, 0.1) is 0 Å². The minimum atomic E-state index is -1.16. The number of nitrogens with zero attached hydrogens (tertiary/aromatic N) is 4. The lowest BCUT2D eigenvalue weighted by molar-refractivity contribution is 0.0130. The van der Waals surface area contributed by atoms with Crippen LogP contribution in [0.2, 0.25) is 0 Å². The average Bonchev–Trinajstić information content (AvgIpc) is 2.48. The van der Waals surface area contributed by atoms with Crippen LogP contribution < -0.4 is 5.32 Å². The van der Waals surface area contributed by atoms with Gasteiger partial charge in [-0.05, 0) is 17.4 Å². The van der Waals surface area contributed by atoms with Gasteiger partial charge in [-0.2, -0.15) is 0 Å². The summed E-state index contributed by atoms with van der Waals surface area (Å²) in [6.07, 6.45) is 0. The molecule has 7 heteroatoms. The first-order valence-corrected chi connectivity index (χ1v) is 3.84. The minimum Gasteiger partial charge on any atom is -0.393 e. The molecule has 0 amide bonds. The quantitative estimate of drug-likeness (QED) is 0.523. The fraction of sp³-hybridized carbons (Fsp3) is 0.833. The van der Waals surface area contributed by atoms with Gasteiger partial charge < -0.3 is 15.5 Å². The van der Waals surface area contributed by atoms with Gasteiger partial charge in [-0.25, -0.2) is 4.68 Å². The lowest BCUT2D eigenvalue weighted by Crippen LogP contribution is -2.37. The van der Waals surface area contributed by atoms with Crippen LogP contribution in [0.25, 0.3) is 0 Å². The Morgan fingerprint density at radius 1 is 1.62 bits per heavy atom. The largest absolute Gasteiger partial charge is 0.393 e. The van der Waals surface area contributed by atoms with E-state index in [4.69, 9.17) is 5.11 Å². The van der Waals surface area contributed by atoms with Gasteiger partial charge in [0, 0.05) is 13.6 Å². The molecule has 0 spiro atoms. The van der Waals surface area contributed by atoms with Crippen LogP contribution in [0.1, 0.15) is 6.92 Å². The number of aryl methyl sites for hydroxylation is 1. The Morgan fingerprint density at radius 2 is 2.31 bits per heavy atom. The number of hydrogen-bond acceptors (Lipinski definition) is 6. The molecule has 74 valence electrons. The zero-order chi connectivity index (χ0) is 9.90. The normalized spacial score (nSPS) is 15.4. The molecular weight excluding hydrogens is 174 g/mol. The Labute approximate surface area is 75.4 Å². The number of aliphatic hydroxyl groups is 2. The maximum Gasteiger partial charge on any atom is 0.242 e. The molecule has 0 aliphatic carbocycles. The van der Waals surface area contributed by atoms with E-state index in [0.29, 0.717) is 5.95 Å². The van der Waals surface area contributed by atoms with Crippen LogP contribution >= 0.6 is 0 Å². The van der Waals surface area contributed by atoms with Crippen LogP contribution in [-0.4, -0.2) is 49.2 Å². The summed E-state index contributed by atoms with van der Waals surface area (Å²) >= 11 is 0. The summed E-state index contributed by atoms with van der Waals surface area (Å²) in [7, 11) is 1.68. The Balaban J connectivity index is 2.48. The highest BCUT2D eigenvalue weighted by Crippen LogP contribution is 2.03. The molecule has 1 rings (SSSR count). The van der Waals surface area contributed by atoms with E-state index >= 15 is 0 Å². The molecule has 1 unspecified atom stereocenters. The molecule has 1 aromatic heterocycles. The number of hydrogen-bond donors (Lipinski definition) is 3. The van der Waals surface area contributed by atoms with E-state index in [9.17, 15) is 5.11 Å². The fourth-order valence-corrected chi connectivity index (χ4v) is 0.705. The van der Waals surface area contributed by atoms with Gasteiger partial charge in [0.25, 0.3) is 0 Å². The van der Waals surface area contributed by atoms with E-state index in [1.54, 1.807) is 7.05 Å². The summed E-state index contributed by atoms with van der Waals surface area (Å²) in [4.78, 5) is 0. The van der Waals surface area contributed by atoms with Crippen molar-refractivity contribution in [3.05, 3.63) is 0 Å². The summed E-state index contributed by atoms with van der Waals surface area (Å²) in [6, 6.07) is 0. The van der Waals surface area contributed by atoms with Crippen molar-refractivity contribution in [3.8, 4) is 0 Å².